The van der Waals surface area contributed by atoms with E-state index in [2.05, 4.69) is 20.9 Å². The molecule has 0 aliphatic heterocycles. The van der Waals surface area contributed by atoms with E-state index in [1.807, 2.05) is 17.3 Å². The molecule has 0 saturated heterocycles. The second-order valence-corrected chi connectivity index (χ2v) is 4.66. The molecular weight excluding hydrogens is 252 g/mol. The van der Waals surface area contributed by atoms with E-state index in [4.69, 9.17) is 5.11 Å². The Morgan fingerprint density at radius 2 is 2.46 bits per heavy atom. The molecular formula is C8H13BrN2OS. The van der Waals surface area contributed by atoms with Gasteiger partial charge in [-0.25, -0.2) is 4.98 Å². The predicted octanol–water partition coefficient (Wildman–Crippen LogP) is 2.11. The van der Waals surface area contributed by atoms with E-state index in [-0.39, 0.29) is 6.10 Å². The second kappa shape index (κ2) is 4.93. The van der Waals surface area contributed by atoms with Gasteiger partial charge < -0.3 is 10.0 Å². The van der Waals surface area contributed by atoms with Crippen molar-refractivity contribution in [3.63, 3.8) is 0 Å². The highest BCUT2D eigenvalue weighted by molar-refractivity contribution is 9.10. The number of rotatable bonds is 4. The molecule has 74 valence electrons. The standard InChI is InChI=1S/C8H13BrN2OS/c1-6(12)3-4-11(2)8-10-7(9)5-13-8/h5-6,12H,3-4H2,1-2H3. The third-order valence-corrected chi connectivity index (χ3v) is 3.34. The van der Waals surface area contributed by atoms with Crippen LogP contribution in [0.25, 0.3) is 0 Å². The Bertz CT molecular complexity index is 264. The van der Waals surface area contributed by atoms with Gasteiger partial charge in [0.25, 0.3) is 0 Å². The SMILES string of the molecule is CC(O)CCN(C)c1nc(Br)cs1. The molecule has 0 fully saturated rings. The molecule has 0 saturated carbocycles. The number of anilines is 1. The van der Waals surface area contributed by atoms with Crippen LogP contribution >= 0.6 is 27.3 Å². The van der Waals surface area contributed by atoms with Crippen LogP contribution in [0.4, 0.5) is 5.13 Å². The molecule has 1 N–H and O–H groups in total. The number of aliphatic hydroxyl groups is 1. The Balaban J connectivity index is 2.44. The zero-order valence-corrected chi connectivity index (χ0v) is 10.1. The van der Waals surface area contributed by atoms with Crippen molar-refractivity contribution in [2.45, 2.75) is 19.4 Å². The van der Waals surface area contributed by atoms with Gasteiger partial charge in [0.2, 0.25) is 0 Å². The van der Waals surface area contributed by atoms with Crippen LogP contribution in [0.1, 0.15) is 13.3 Å². The van der Waals surface area contributed by atoms with Gasteiger partial charge in [-0.05, 0) is 29.3 Å². The van der Waals surface area contributed by atoms with Crippen LogP contribution in [0.3, 0.4) is 0 Å². The molecule has 0 bridgehead atoms. The summed E-state index contributed by atoms with van der Waals surface area (Å²) < 4.78 is 0.872. The van der Waals surface area contributed by atoms with Crippen molar-refractivity contribution in [2.75, 3.05) is 18.5 Å². The van der Waals surface area contributed by atoms with Crippen LogP contribution in [-0.4, -0.2) is 29.8 Å². The lowest BCUT2D eigenvalue weighted by Gasteiger charge is -2.16. The number of thiazole rings is 1. The van der Waals surface area contributed by atoms with Crippen LogP contribution in [0, 0.1) is 0 Å². The third-order valence-electron chi connectivity index (χ3n) is 1.67. The van der Waals surface area contributed by atoms with E-state index in [0.717, 1.165) is 22.7 Å². The fourth-order valence-electron chi connectivity index (χ4n) is 0.897. The molecule has 0 aliphatic carbocycles. The summed E-state index contributed by atoms with van der Waals surface area (Å²) in [4.78, 5) is 6.31. The lowest BCUT2D eigenvalue weighted by Crippen LogP contribution is -2.21. The van der Waals surface area contributed by atoms with Gasteiger partial charge in [-0.1, -0.05) is 0 Å². The van der Waals surface area contributed by atoms with Crippen LogP contribution in [0.5, 0.6) is 0 Å². The number of nitrogens with zero attached hydrogens (tertiary/aromatic N) is 2. The molecule has 5 heteroatoms. The monoisotopic (exact) mass is 264 g/mol. The third kappa shape index (κ3) is 3.62. The predicted molar refractivity (Wildman–Crippen MR) is 59.4 cm³/mol. The van der Waals surface area contributed by atoms with E-state index in [9.17, 15) is 0 Å². The van der Waals surface area contributed by atoms with Gasteiger partial charge in [-0.15, -0.1) is 11.3 Å². The van der Waals surface area contributed by atoms with Crippen molar-refractivity contribution >= 4 is 32.4 Å². The fourth-order valence-corrected chi connectivity index (χ4v) is 2.14. The summed E-state index contributed by atoms with van der Waals surface area (Å²) in [6.07, 6.45) is 0.527. The Hall–Kier alpha value is -0.130. The maximum atomic E-state index is 9.10. The Kier molecular flexibility index (Phi) is 4.15. The van der Waals surface area contributed by atoms with Gasteiger partial charge >= 0.3 is 0 Å². The lowest BCUT2D eigenvalue weighted by atomic mass is 10.3. The highest BCUT2D eigenvalue weighted by atomic mass is 79.9. The topological polar surface area (TPSA) is 36.4 Å². The number of hydrogen-bond acceptors (Lipinski definition) is 4. The molecule has 3 nitrogen and oxygen atoms in total. The number of aliphatic hydroxyl groups excluding tert-OH is 1. The molecule has 1 aromatic rings. The molecule has 1 unspecified atom stereocenters. The Labute approximate surface area is 90.5 Å². The molecule has 0 amide bonds. The lowest BCUT2D eigenvalue weighted by molar-refractivity contribution is 0.187. The van der Waals surface area contributed by atoms with Crippen LogP contribution < -0.4 is 4.90 Å². The molecule has 1 rings (SSSR count). The van der Waals surface area contributed by atoms with E-state index < -0.39 is 0 Å². The number of halogens is 1. The normalized spacial score (nSPS) is 12.9. The van der Waals surface area contributed by atoms with E-state index >= 15 is 0 Å². The molecule has 13 heavy (non-hydrogen) atoms. The Morgan fingerprint density at radius 3 is 2.92 bits per heavy atom. The maximum absolute atomic E-state index is 9.10. The fraction of sp³-hybridized carbons (Fsp3) is 0.625. The summed E-state index contributed by atoms with van der Waals surface area (Å²) in [6.45, 7) is 2.63. The van der Waals surface area contributed by atoms with Gasteiger partial charge in [0.15, 0.2) is 5.13 Å². The van der Waals surface area contributed by atoms with Crippen molar-refractivity contribution in [3.8, 4) is 0 Å². The first kappa shape index (κ1) is 10.9. The number of hydrogen-bond donors (Lipinski definition) is 1. The van der Waals surface area contributed by atoms with Gasteiger partial charge in [0.1, 0.15) is 4.60 Å². The first-order valence-corrected chi connectivity index (χ1v) is 5.77. The summed E-state index contributed by atoms with van der Waals surface area (Å²) in [5.74, 6) is 0. The average Bonchev–Trinajstić information content (AvgIpc) is 2.47. The molecule has 0 spiro atoms. The van der Waals surface area contributed by atoms with Gasteiger partial charge in [-0.3, -0.25) is 0 Å². The van der Waals surface area contributed by atoms with E-state index in [1.54, 1.807) is 18.3 Å². The quantitative estimate of drug-likeness (QED) is 0.905. The summed E-state index contributed by atoms with van der Waals surface area (Å²) in [6, 6.07) is 0. The van der Waals surface area contributed by atoms with Crippen LogP contribution in [0.15, 0.2) is 9.98 Å². The highest BCUT2D eigenvalue weighted by Gasteiger charge is 2.06. The van der Waals surface area contributed by atoms with E-state index in [0.29, 0.717) is 0 Å². The number of aromatic nitrogens is 1. The summed E-state index contributed by atoms with van der Waals surface area (Å²) >= 11 is 4.90. The molecule has 0 aliphatic rings. The summed E-state index contributed by atoms with van der Waals surface area (Å²) in [5, 5.41) is 12.0. The van der Waals surface area contributed by atoms with Crippen molar-refractivity contribution < 1.29 is 5.11 Å². The minimum atomic E-state index is -0.245. The van der Waals surface area contributed by atoms with Crippen LogP contribution in [-0.2, 0) is 0 Å². The zero-order chi connectivity index (χ0) is 9.84. The molecule has 0 aromatic carbocycles. The van der Waals surface area contributed by atoms with Gasteiger partial charge in [0.05, 0.1) is 6.10 Å². The average molecular weight is 265 g/mol. The first-order valence-electron chi connectivity index (χ1n) is 4.10. The summed E-state index contributed by atoms with van der Waals surface area (Å²) in [7, 11) is 1.98. The zero-order valence-electron chi connectivity index (χ0n) is 7.70. The van der Waals surface area contributed by atoms with Crippen molar-refractivity contribution in [3.05, 3.63) is 9.98 Å². The van der Waals surface area contributed by atoms with Gasteiger partial charge in [0, 0.05) is 19.0 Å². The van der Waals surface area contributed by atoms with E-state index in [1.165, 1.54) is 0 Å². The van der Waals surface area contributed by atoms with Crippen molar-refractivity contribution in [1.29, 1.82) is 0 Å². The van der Waals surface area contributed by atoms with Crippen molar-refractivity contribution in [1.82, 2.24) is 4.98 Å². The largest absolute Gasteiger partial charge is 0.393 e. The molecule has 1 heterocycles. The van der Waals surface area contributed by atoms with Gasteiger partial charge in [-0.2, -0.15) is 0 Å². The molecule has 1 aromatic heterocycles. The minimum Gasteiger partial charge on any atom is -0.393 e. The molecule has 0 radical (unpaired) electrons. The van der Waals surface area contributed by atoms with Crippen molar-refractivity contribution in [2.24, 2.45) is 0 Å². The minimum absolute atomic E-state index is 0.245. The Morgan fingerprint density at radius 1 is 1.77 bits per heavy atom. The smallest absolute Gasteiger partial charge is 0.186 e. The first-order chi connectivity index (χ1) is 6.09. The molecule has 1 atom stereocenters. The summed E-state index contributed by atoms with van der Waals surface area (Å²) in [5.41, 5.74) is 0. The maximum Gasteiger partial charge on any atom is 0.186 e. The second-order valence-electron chi connectivity index (χ2n) is 3.01. The van der Waals surface area contributed by atoms with Crippen LogP contribution in [0.2, 0.25) is 0 Å². The highest BCUT2D eigenvalue weighted by Crippen LogP contribution is 2.22.